The predicted molar refractivity (Wildman–Crippen MR) is 152 cm³/mol. The van der Waals surface area contributed by atoms with Crippen LogP contribution in [0.2, 0.25) is 0 Å². The Morgan fingerprint density at radius 2 is 0.711 bits per heavy atom. The second-order valence-corrected chi connectivity index (χ2v) is 9.03. The molecule has 4 aromatic carbocycles. The van der Waals surface area contributed by atoms with E-state index in [1.54, 1.807) is 0 Å². The SMILES string of the molecule is O=Cc1ccc(-n2c(-c3ccccc3)ccc2-c2ccc(-c3ccccc3)n2-c2ccc(C=O)cc2)cc1. The van der Waals surface area contributed by atoms with Gasteiger partial charge in [-0.05, 0) is 83.9 Å². The van der Waals surface area contributed by atoms with Gasteiger partial charge in [-0.25, -0.2) is 0 Å². The van der Waals surface area contributed by atoms with E-state index in [9.17, 15) is 9.59 Å². The van der Waals surface area contributed by atoms with Gasteiger partial charge >= 0.3 is 0 Å². The quantitative estimate of drug-likeness (QED) is 0.213. The number of rotatable bonds is 7. The number of hydrogen-bond donors (Lipinski definition) is 0. The van der Waals surface area contributed by atoms with Crippen LogP contribution in [0.3, 0.4) is 0 Å². The molecular formula is C34H24N2O2. The number of benzene rings is 4. The summed E-state index contributed by atoms with van der Waals surface area (Å²) in [4.78, 5) is 22.7. The largest absolute Gasteiger partial charge is 0.308 e. The highest BCUT2D eigenvalue weighted by Gasteiger charge is 2.20. The normalized spacial score (nSPS) is 10.8. The number of carbonyl (C=O) groups is 2. The van der Waals surface area contributed by atoms with Gasteiger partial charge in [0, 0.05) is 22.5 Å². The Hall–Kier alpha value is -5.22. The molecule has 4 nitrogen and oxygen atoms in total. The first-order valence-electron chi connectivity index (χ1n) is 12.4. The smallest absolute Gasteiger partial charge is 0.150 e. The van der Waals surface area contributed by atoms with Gasteiger partial charge in [-0.2, -0.15) is 0 Å². The van der Waals surface area contributed by atoms with E-state index >= 15 is 0 Å². The lowest BCUT2D eigenvalue weighted by Crippen LogP contribution is -2.04. The van der Waals surface area contributed by atoms with Crippen molar-refractivity contribution in [1.29, 1.82) is 0 Å². The van der Waals surface area contributed by atoms with Crippen LogP contribution >= 0.6 is 0 Å². The second kappa shape index (κ2) is 10.0. The molecule has 6 aromatic rings. The lowest BCUT2D eigenvalue weighted by molar-refractivity contribution is 0.111. The zero-order valence-electron chi connectivity index (χ0n) is 20.6. The van der Waals surface area contributed by atoms with Crippen molar-refractivity contribution in [2.24, 2.45) is 0 Å². The zero-order valence-corrected chi connectivity index (χ0v) is 20.6. The maximum Gasteiger partial charge on any atom is 0.150 e. The predicted octanol–water partition coefficient (Wildman–Crippen LogP) is 7.89. The van der Waals surface area contributed by atoms with Gasteiger partial charge in [0.25, 0.3) is 0 Å². The van der Waals surface area contributed by atoms with Crippen LogP contribution < -0.4 is 0 Å². The Balaban J connectivity index is 1.62. The fourth-order valence-corrected chi connectivity index (χ4v) is 4.90. The molecule has 0 saturated heterocycles. The van der Waals surface area contributed by atoms with Crippen molar-refractivity contribution in [3.63, 3.8) is 0 Å². The molecule has 0 unspecified atom stereocenters. The summed E-state index contributed by atoms with van der Waals surface area (Å²) >= 11 is 0. The maximum absolute atomic E-state index is 11.3. The van der Waals surface area contributed by atoms with Crippen LogP contribution in [0, 0.1) is 0 Å². The third-order valence-corrected chi connectivity index (χ3v) is 6.74. The molecule has 6 rings (SSSR count). The van der Waals surface area contributed by atoms with E-state index in [4.69, 9.17) is 0 Å². The van der Waals surface area contributed by atoms with Crippen LogP contribution in [0.5, 0.6) is 0 Å². The Kier molecular flexibility index (Phi) is 6.12. The summed E-state index contributed by atoms with van der Waals surface area (Å²) in [5, 5.41) is 0. The summed E-state index contributed by atoms with van der Waals surface area (Å²) in [6, 6.07) is 44.4. The van der Waals surface area contributed by atoms with E-state index in [1.807, 2.05) is 84.9 Å². The van der Waals surface area contributed by atoms with E-state index in [0.29, 0.717) is 11.1 Å². The van der Waals surface area contributed by atoms with Gasteiger partial charge < -0.3 is 9.13 Å². The van der Waals surface area contributed by atoms with Gasteiger partial charge in [0.1, 0.15) is 12.6 Å². The monoisotopic (exact) mass is 492 g/mol. The molecule has 0 radical (unpaired) electrons. The van der Waals surface area contributed by atoms with E-state index < -0.39 is 0 Å². The molecule has 0 bridgehead atoms. The van der Waals surface area contributed by atoms with Crippen molar-refractivity contribution in [2.75, 3.05) is 0 Å². The number of nitrogens with zero attached hydrogens (tertiary/aromatic N) is 2. The molecule has 0 N–H and O–H groups in total. The number of carbonyl (C=O) groups excluding carboxylic acids is 2. The first-order valence-corrected chi connectivity index (χ1v) is 12.4. The molecule has 2 heterocycles. The van der Waals surface area contributed by atoms with Crippen LogP contribution in [0.25, 0.3) is 45.3 Å². The minimum atomic E-state index is 0.633. The minimum absolute atomic E-state index is 0.633. The Morgan fingerprint density at radius 1 is 0.368 bits per heavy atom. The van der Waals surface area contributed by atoms with Crippen molar-refractivity contribution in [3.05, 3.63) is 145 Å². The Labute approximate surface area is 221 Å². The summed E-state index contributed by atoms with van der Waals surface area (Å²) in [5.74, 6) is 0. The lowest BCUT2D eigenvalue weighted by Gasteiger charge is -2.18. The fourth-order valence-electron chi connectivity index (χ4n) is 4.90. The third kappa shape index (κ3) is 4.18. The molecule has 38 heavy (non-hydrogen) atoms. The maximum atomic E-state index is 11.3. The van der Waals surface area contributed by atoms with Crippen molar-refractivity contribution in [2.45, 2.75) is 0 Å². The highest BCUT2D eigenvalue weighted by atomic mass is 16.1. The molecule has 182 valence electrons. The lowest BCUT2D eigenvalue weighted by atomic mass is 10.1. The topological polar surface area (TPSA) is 44.0 Å². The summed E-state index contributed by atoms with van der Waals surface area (Å²) in [5.41, 5.74) is 9.47. The number of aldehydes is 2. The van der Waals surface area contributed by atoms with Crippen LogP contribution in [-0.4, -0.2) is 21.7 Å². The average Bonchev–Trinajstić information content (AvgIpc) is 3.63. The van der Waals surface area contributed by atoms with E-state index in [2.05, 4.69) is 57.7 Å². The van der Waals surface area contributed by atoms with E-state index in [-0.39, 0.29) is 0 Å². The molecule has 4 heteroatoms. The molecule has 0 fully saturated rings. The van der Waals surface area contributed by atoms with Gasteiger partial charge in [-0.15, -0.1) is 0 Å². The van der Waals surface area contributed by atoms with Crippen LogP contribution in [-0.2, 0) is 0 Å². The molecule has 2 aromatic heterocycles. The minimum Gasteiger partial charge on any atom is -0.308 e. The standard InChI is InChI=1S/C34H24N2O2/c37-23-25-11-15-29(16-12-25)35-31(27-7-3-1-4-8-27)19-21-33(35)34-22-20-32(28-9-5-2-6-10-28)36(34)30-17-13-26(24-38)14-18-30/h1-24H. The summed E-state index contributed by atoms with van der Waals surface area (Å²) in [7, 11) is 0. The number of aromatic nitrogens is 2. The summed E-state index contributed by atoms with van der Waals surface area (Å²) < 4.78 is 4.45. The van der Waals surface area contributed by atoms with Crippen molar-refractivity contribution >= 4 is 12.6 Å². The van der Waals surface area contributed by atoms with E-state index in [0.717, 1.165) is 57.8 Å². The molecule has 0 aliphatic carbocycles. The molecule has 0 amide bonds. The van der Waals surface area contributed by atoms with Gasteiger partial charge in [0.2, 0.25) is 0 Å². The van der Waals surface area contributed by atoms with Gasteiger partial charge in [-0.1, -0.05) is 60.7 Å². The third-order valence-electron chi connectivity index (χ3n) is 6.74. The molecule has 0 saturated carbocycles. The van der Waals surface area contributed by atoms with E-state index in [1.165, 1.54) is 0 Å². The zero-order chi connectivity index (χ0) is 25.9. The van der Waals surface area contributed by atoms with Crippen LogP contribution in [0.15, 0.2) is 133 Å². The van der Waals surface area contributed by atoms with Crippen molar-refractivity contribution in [3.8, 4) is 45.3 Å². The molecular weight excluding hydrogens is 468 g/mol. The van der Waals surface area contributed by atoms with Crippen molar-refractivity contribution < 1.29 is 9.59 Å². The summed E-state index contributed by atoms with van der Waals surface area (Å²) in [6.07, 6.45) is 1.72. The fraction of sp³-hybridized carbons (Fsp3) is 0. The van der Waals surface area contributed by atoms with Crippen LogP contribution in [0.4, 0.5) is 0 Å². The average molecular weight is 493 g/mol. The molecule has 0 aliphatic heterocycles. The first kappa shape index (κ1) is 23.2. The Bertz CT molecular complexity index is 1580. The molecule has 0 atom stereocenters. The van der Waals surface area contributed by atoms with Crippen LogP contribution in [0.1, 0.15) is 20.7 Å². The summed E-state index contributed by atoms with van der Waals surface area (Å²) in [6.45, 7) is 0. The Morgan fingerprint density at radius 3 is 1.05 bits per heavy atom. The van der Waals surface area contributed by atoms with Gasteiger partial charge in [-0.3, -0.25) is 9.59 Å². The molecule has 0 aliphatic rings. The molecule has 0 spiro atoms. The number of hydrogen-bond acceptors (Lipinski definition) is 2. The van der Waals surface area contributed by atoms with Gasteiger partial charge in [0.05, 0.1) is 22.8 Å². The first-order chi connectivity index (χ1) is 18.8. The highest BCUT2D eigenvalue weighted by molar-refractivity contribution is 5.79. The second-order valence-electron chi connectivity index (χ2n) is 9.03. The van der Waals surface area contributed by atoms with Gasteiger partial charge in [0.15, 0.2) is 0 Å². The van der Waals surface area contributed by atoms with Crippen molar-refractivity contribution in [1.82, 2.24) is 9.13 Å². The highest BCUT2D eigenvalue weighted by Crippen LogP contribution is 2.37.